The molecule has 0 saturated heterocycles. The third-order valence-corrected chi connectivity index (χ3v) is 8.50. The topological polar surface area (TPSA) is 57.6 Å². The van der Waals surface area contributed by atoms with Crippen molar-refractivity contribution in [1.29, 1.82) is 0 Å². The van der Waals surface area contributed by atoms with E-state index in [1.807, 2.05) is 6.92 Å². The van der Waals surface area contributed by atoms with Crippen molar-refractivity contribution in [3.63, 3.8) is 0 Å². The van der Waals surface area contributed by atoms with Gasteiger partial charge in [0.05, 0.1) is 4.90 Å². The molecule has 7 heteroatoms. The molecule has 2 unspecified atom stereocenters. The van der Waals surface area contributed by atoms with Crippen LogP contribution in [0.4, 0.5) is 4.39 Å². The summed E-state index contributed by atoms with van der Waals surface area (Å²) in [5.74, 6) is 0.239. The van der Waals surface area contributed by atoms with Crippen molar-refractivity contribution in [1.82, 2.24) is 4.31 Å². The van der Waals surface area contributed by atoms with Gasteiger partial charge in [0.1, 0.15) is 11.6 Å². The Kier molecular flexibility index (Phi) is 6.91. The number of thioether (sulfide) groups is 1. The van der Waals surface area contributed by atoms with Gasteiger partial charge in [-0.3, -0.25) is 0 Å². The highest BCUT2D eigenvalue weighted by molar-refractivity contribution is 7.99. The van der Waals surface area contributed by atoms with E-state index in [9.17, 15) is 17.9 Å². The Balaban J connectivity index is 2.22. The Morgan fingerprint density at radius 1 is 1.21 bits per heavy atom. The van der Waals surface area contributed by atoms with E-state index in [-0.39, 0.29) is 28.4 Å². The molecule has 2 atom stereocenters. The lowest BCUT2D eigenvalue weighted by Gasteiger charge is -2.26. The second-order valence-electron chi connectivity index (χ2n) is 7.45. The fraction of sp³-hybridized carbons (Fsp3) is 0.455. The van der Waals surface area contributed by atoms with Gasteiger partial charge in [0.15, 0.2) is 0 Å². The van der Waals surface area contributed by atoms with Crippen LogP contribution in [0.2, 0.25) is 0 Å². The van der Waals surface area contributed by atoms with E-state index < -0.39 is 10.0 Å². The van der Waals surface area contributed by atoms with Crippen molar-refractivity contribution in [2.24, 2.45) is 0 Å². The average Bonchev–Trinajstić information content (AvgIpc) is 2.76. The largest absolute Gasteiger partial charge is 0.507 e. The van der Waals surface area contributed by atoms with Crippen molar-refractivity contribution in [2.75, 3.05) is 12.8 Å². The van der Waals surface area contributed by atoms with Gasteiger partial charge in [-0.1, -0.05) is 38.8 Å². The molecule has 0 radical (unpaired) electrons. The van der Waals surface area contributed by atoms with Crippen molar-refractivity contribution < 1.29 is 17.9 Å². The molecule has 1 aliphatic heterocycles. The minimum absolute atomic E-state index is 0.0163. The minimum Gasteiger partial charge on any atom is -0.507 e. The van der Waals surface area contributed by atoms with Crippen LogP contribution in [0.25, 0.3) is 0 Å². The Labute approximate surface area is 177 Å². The van der Waals surface area contributed by atoms with Crippen LogP contribution in [0.5, 0.6) is 5.75 Å². The predicted molar refractivity (Wildman–Crippen MR) is 116 cm³/mol. The fourth-order valence-electron chi connectivity index (χ4n) is 3.98. The van der Waals surface area contributed by atoms with Gasteiger partial charge in [-0.2, -0.15) is 4.31 Å². The first-order valence-electron chi connectivity index (χ1n) is 10.0. The van der Waals surface area contributed by atoms with Crippen molar-refractivity contribution in [2.45, 2.75) is 61.3 Å². The zero-order chi connectivity index (χ0) is 21.2. The average molecular weight is 438 g/mol. The van der Waals surface area contributed by atoms with Crippen molar-refractivity contribution in [3.05, 3.63) is 53.3 Å². The number of fused-ring (bicyclic) bond motifs is 1. The predicted octanol–water partition coefficient (Wildman–Crippen LogP) is 5.36. The van der Waals surface area contributed by atoms with Gasteiger partial charge in [0.2, 0.25) is 10.0 Å². The number of unbranched alkanes of at least 4 members (excludes halogenated alkanes) is 1. The summed E-state index contributed by atoms with van der Waals surface area (Å²) >= 11 is 1.48. The number of phenolic OH excluding ortho intramolecular Hbond substituents is 1. The van der Waals surface area contributed by atoms with Gasteiger partial charge in [0.25, 0.3) is 0 Å². The lowest BCUT2D eigenvalue weighted by Crippen LogP contribution is -2.36. The number of nitrogens with zero attached hydrogens (tertiary/aromatic N) is 1. The van der Waals surface area contributed by atoms with E-state index in [1.165, 1.54) is 34.3 Å². The van der Waals surface area contributed by atoms with Crippen LogP contribution in [0.1, 0.15) is 56.6 Å². The monoisotopic (exact) mass is 437 g/mol. The molecular formula is C22H28FNO3S2. The molecule has 0 amide bonds. The number of hydrogen-bond donors (Lipinski definition) is 1. The summed E-state index contributed by atoms with van der Waals surface area (Å²) in [6, 6.07) is 9.34. The molecular weight excluding hydrogens is 409 g/mol. The Morgan fingerprint density at radius 3 is 2.52 bits per heavy atom. The van der Waals surface area contributed by atoms with Crippen LogP contribution in [0.15, 0.2) is 46.2 Å². The Bertz CT molecular complexity index is 961. The highest BCUT2D eigenvalue weighted by Gasteiger charge is 2.38. The van der Waals surface area contributed by atoms with Gasteiger partial charge < -0.3 is 5.11 Å². The number of halogens is 1. The molecule has 0 spiro atoms. The maximum absolute atomic E-state index is 13.5. The smallest absolute Gasteiger partial charge is 0.243 e. The fourth-order valence-corrected chi connectivity index (χ4v) is 6.36. The summed E-state index contributed by atoms with van der Waals surface area (Å²) in [4.78, 5) is 0.814. The third-order valence-electron chi connectivity index (χ3n) is 5.61. The zero-order valence-electron chi connectivity index (χ0n) is 17.1. The summed E-state index contributed by atoms with van der Waals surface area (Å²) in [5, 5.41) is 10.5. The lowest BCUT2D eigenvalue weighted by molar-refractivity contribution is 0.322. The molecule has 3 rings (SSSR count). The zero-order valence-corrected chi connectivity index (χ0v) is 18.7. The molecule has 158 valence electrons. The number of sulfonamides is 1. The normalized spacial score (nSPS) is 21.5. The van der Waals surface area contributed by atoms with Crippen LogP contribution in [-0.4, -0.2) is 36.7 Å². The van der Waals surface area contributed by atoms with Gasteiger partial charge in [0, 0.05) is 30.0 Å². The summed E-state index contributed by atoms with van der Waals surface area (Å²) < 4.78 is 41.8. The van der Waals surface area contributed by atoms with Gasteiger partial charge in [-0.25, -0.2) is 12.8 Å². The number of phenols is 1. The molecule has 0 aromatic heterocycles. The van der Waals surface area contributed by atoms with Gasteiger partial charge in [-0.15, -0.1) is 11.8 Å². The van der Waals surface area contributed by atoms with E-state index in [1.54, 1.807) is 25.2 Å². The molecule has 0 aliphatic carbocycles. The van der Waals surface area contributed by atoms with Crippen molar-refractivity contribution in [3.8, 4) is 5.75 Å². The molecule has 2 aromatic rings. The van der Waals surface area contributed by atoms with Crippen LogP contribution >= 0.6 is 11.8 Å². The molecule has 0 bridgehead atoms. The Morgan fingerprint density at radius 2 is 1.90 bits per heavy atom. The van der Waals surface area contributed by atoms with Crippen LogP contribution in [-0.2, 0) is 10.0 Å². The van der Waals surface area contributed by atoms with E-state index in [2.05, 4.69) is 6.92 Å². The highest BCUT2D eigenvalue weighted by atomic mass is 32.2. The Hall–Kier alpha value is -1.57. The standard InChI is InChI=1S/C22H28FNO3S2/c1-4-6-7-17-12-18(15-8-10-16(23)11-9-15)19-13-21(28-5-2)20(25)14-22(19)29(26,27)24(17)3/h8-11,13-14,17-18,25H,4-7,12H2,1-3H3. The third kappa shape index (κ3) is 4.47. The molecule has 0 saturated carbocycles. The number of hydrogen-bond acceptors (Lipinski definition) is 4. The first-order valence-corrected chi connectivity index (χ1v) is 12.4. The van der Waals surface area contributed by atoms with Crippen LogP contribution < -0.4 is 0 Å². The SMILES string of the molecule is CCCCC1CC(c2ccc(F)cc2)c2cc(SCC)c(O)cc2S(=O)(=O)N1C. The summed E-state index contributed by atoms with van der Waals surface area (Å²) in [7, 11) is -2.13. The lowest BCUT2D eigenvalue weighted by atomic mass is 9.84. The maximum Gasteiger partial charge on any atom is 0.243 e. The quantitative estimate of drug-likeness (QED) is 0.618. The van der Waals surface area contributed by atoms with E-state index in [4.69, 9.17) is 0 Å². The molecule has 1 N–H and O–H groups in total. The first-order chi connectivity index (χ1) is 13.8. The minimum atomic E-state index is -3.75. The summed E-state index contributed by atoms with van der Waals surface area (Å²) in [6.45, 7) is 4.07. The molecule has 1 aliphatic rings. The van der Waals surface area contributed by atoms with E-state index in [0.29, 0.717) is 16.9 Å². The molecule has 0 fully saturated rings. The molecule has 4 nitrogen and oxygen atoms in total. The van der Waals surface area contributed by atoms with Crippen LogP contribution in [0, 0.1) is 5.82 Å². The molecule has 1 heterocycles. The van der Waals surface area contributed by atoms with Gasteiger partial charge >= 0.3 is 0 Å². The second kappa shape index (κ2) is 9.06. The second-order valence-corrected chi connectivity index (χ2v) is 10.7. The van der Waals surface area contributed by atoms with Crippen LogP contribution in [0.3, 0.4) is 0 Å². The van der Waals surface area contributed by atoms with Crippen molar-refractivity contribution >= 4 is 21.8 Å². The summed E-state index contributed by atoms with van der Waals surface area (Å²) in [6.07, 6.45) is 3.30. The molecule has 2 aromatic carbocycles. The van der Waals surface area contributed by atoms with E-state index in [0.717, 1.165) is 30.6 Å². The van der Waals surface area contributed by atoms with Gasteiger partial charge in [-0.05, 0) is 47.9 Å². The number of aromatic hydroxyl groups is 1. The number of benzene rings is 2. The molecule has 29 heavy (non-hydrogen) atoms. The number of rotatable bonds is 6. The summed E-state index contributed by atoms with van der Waals surface area (Å²) in [5.41, 5.74) is 1.56. The van der Waals surface area contributed by atoms with E-state index >= 15 is 0 Å². The highest BCUT2D eigenvalue weighted by Crippen LogP contribution is 2.44. The maximum atomic E-state index is 13.5. The first kappa shape index (κ1) is 22.1.